The number of pyridine rings is 1. The van der Waals surface area contributed by atoms with Crippen LogP contribution in [0, 0.1) is 11.3 Å². The van der Waals surface area contributed by atoms with Crippen LogP contribution in [0.25, 0.3) is 10.9 Å². The van der Waals surface area contributed by atoms with Crippen molar-refractivity contribution in [3.63, 3.8) is 0 Å². The summed E-state index contributed by atoms with van der Waals surface area (Å²) < 4.78 is 0. The van der Waals surface area contributed by atoms with E-state index in [9.17, 15) is 4.79 Å². The monoisotopic (exact) mass is 282 g/mol. The highest BCUT2D eigenvalue weighted by atomic mass is 16.4. The van der Waals surface area contributed by atoms with Gasteiger partial charge in [-0.15, -0.1) is 0 Å². The van der Waals surface area contributed by atoms with Gasteiger partial charge in [0, 0.05) is 30.2 Å². The van der Waals surface area contributed by atoms with Crippen LogP contribution in [0.3, 0.4) is 0 Å². The summed E-state index contributed by atoms with van der Waals surface area (Å²) in [5.41, 5.74) is 2.06. The van der Waals surface area contributed by atoms with E-state index in [1.807, 2.05) is 30.3 Å². The van der Waals surface area contributed by atoms with E-state index < -0.39 is 6.09 Å². The first-order chi connectivity index (χ1) is 10.2. The van der Waals surface area contributed by atoms with Gasteiger partial charge in [-0.05, 0) is 30.7 Å². The van der Waals surface area contributed by atoms with Crippen LogP contribution in [0.15, 0.2) is 30.3 Å². The first kappa shape index (κ1) is 13.2. The molecule has 6 heteroatoms. The predicted octanol–water partition coefficient (Wildman–Crippen LogP) is 2.27. The van der Waals surface area contributed by atoms with Crippen molar-refractivity contribution in [2.24, 2.45) is 0 Å². The van der Waals surface area contributed by atoms with Crippen LogP contribution in [-0.4, -0.2) is 40.2 Å². The number of nitrogens with zero attached hydrogens (tertiary/aromatic N) is 3. The topological polar surface area (TPSA) is 89.2 Å². The maximum absolute atomic E-state index is 10.9. The van der Waals surface area contributed by atoms with E-state index in [4.69, 9.17) is 10.4 Å². The number of fused-ring (bicyclic) bond motifs is 1. The van der Waals surface area contributed by atoms with Gasteiger partial charge in [0.15, 0.2) is 0 Å². The normalized spacial score (nSPS) is 17.7. The molecule has 1 amide bonds. The molecule has 1 aliphatic heterocycles. The van der Waals surface area contributed by atoms with Crippen molar-refractivity contribution in [3.05, 3.63) is 36.0 Å². The number of aromatic nitrogens is 1. The molecule has 21 heavy (non-hydrogen) atoms. The summed E-state index contributed by atoms with van der Waals surface area (Å²) in [5.74, 6) is 0. The predicted molar refractivity (Wildman–Crippen MR) is 78.1 cm³/mol. The number of anilines is 1. The van der Waals surface area contributed by atoms with Crippen molar-refractivity contribution >= 4 is 22.7 Å². The lowest BCUT2D eigenvalue weighted by Crippen LogP contribution is -2.30. The lowest BCUT2D eigenvalue weighted by Gasteiger charge is -2.16. The third kappa shape index (κ3) is 2.58. The summed E-state index contributed by atoms with van der Waals surface area (Å²) in [6, 6.07) is 11.4. The summed E-state index contributed by atoms with van der Waals surface area (Å²) in [7, 11) is 0. The molecular formula is C15H14N4O2. The van der Waals surface area contributed by atoms with Gasteiger partial charge >= 0.3 is 6.09 Å². The molecular weight excluding hydrogens is 268 g/mol. The van der Waals surface area contributed by atoms with Crippen molar-refractivity contribution in [1.29, 1.82) is 5.26 Å². The minimum absolute atomic E-state index is 0.0994. The molecule has 0 bridgehead atoms. The minimum Gasteiger partial charge on any atom is -0.465 e. The van der Waals surface area contributed by atoms with Crippen LogP contribution >= 0.6 is 0 Å². The molecule has 2 N–H and O–H groups in total. The van der Waals surface area contributed by atoms with Crippen molar-refractivity contribution < 1.29 is 9.90 Å². The largest absolute Gasteiger partial charge is 0.465 e. The average molecular weight is 282 g/mol. The summed E-state index contributed by atoms with van der Waals surface area (Å²) >= 11 is 0. The Hall–Kier alpha value is -2.81. The Balaban J connectivity index is 1.85. The summed E-state index contributed by atoms with van der Waals surface area (Å²) in [6.45, 7) is 1.03. The molecule has 1 aromatic heterocycles. The van der Waals surface area contributed by atoms with E-state index in [1.165, 1.54) is 4.90 Å². The SMILES string of the molecule is N#Cc1ccc2c(NC3CCN(C(=O)O)C3)cccc2n1. The molecule has 2 heterocycles. The Labute approximate surface area is 121 Å². The average Bonchev–Trinajstić information content (AvgIpc) is 2.96. The molecule has 1 fully saturated rings. The zero-order valence-electron chi connectivity index (χ0n) is 11.3. The lowest BCUT2D eigenvalue weighted by atomic mass is 10.1. The zero-order chi connectivity index (χ0) is 14.8. The molecule has 3 rings (SSSR count). The van der Waals surface area contributed by atoms with Crippen molar-refractivity contribution in [2.45, 2.75) is 12.5 Å². The Kier molecular flexibility index (Phi) is 3.32. The highest BCUT2D eigenvalue weighted by molar-refractivity contribution is 5.91. The van der Waals surface area contributed by atoms with Gasteiger partial charge in [0.2, 0.25) is 0 Å². The van der Waals surface area contributed by atoms with E-state index in [1.54, 1.807) is 6.07 Å². The van der Waals surface area contributed by atoms with Crippen LogP contribution in [-0.2, 0) is 0 Å². The quantitative estimate of drug-likeness (QED) is 0.882. The maximum Gasteiger partial charge on any atom is 0.407 e. The first-order valence-corrected chi connectivity index (χ1v) is 6.71. The number of benzene rings is 1. The Morgan fingerprint density at radius 2 is 2.29 bits per heavy atom. The molecule has 1 unspecified atom stereocenters. The molecule has 106 valence electrons. The number of hydrogen-bond acceptors (Lipinski definition) is 4. The van der Waals surface area contributed by atoms with E-state index in [2.05, 4.69) is 10.3 Å². The second kappa shape index (κ2) is 5.29. The third-order valence-electron chi connectivity index (χ3n) is 3.66. The fraction of sp³-hybridized carbons (Fsp3) is 0.267. The smallest absolute Gasteiger partial charge is 0.407 e. The summed E-state index contributed by atoms with van der Waals surface area (Å²) in [6.07, 6.45) is -0.0931. The Morgan fingerprint density at radius 3 is 3.00 bits per heavy atom. The van der Waals surface area contributed by atoms with Gasteiger partial charge < -0.3 is 15.3 Å². The Bertz CT molecular complexity index is 738. The van der Waals surface area contributed by atoms with Gasteiger partial charge in [0.1, 0.15) is 11.8 Å². The van der Waals surface area contributed by atoms with E-state index >= 15 is 0 Å². The molecule has 1 aliphatic rings. The van der Waals surface area contributed by atoms with E-state index in [0.717, 1.165) is 23.0 Å². The number of carboxylic acid groups (broad SMARTS) is 1. The van der Waals surface area contributed by atoms with E-state index in [0.29, 0.717) is 18.8 Å². The maximum atomic E-state index is 10.9. The number of hydrogen-bond donors (Lipinski definition) is 2. The molecule has 1 aromatic carbocycles. The number of nitrogens with one attached hydrogen (secondary N) is 1. The van der Waals surface area contributed by atoms with Crippen LogP contribution in [0.5, 0.6) is 0 Å². The molecule has 0 spiro atoms. The molecule has 6 nitrogen and oxygen atoms in total. The van der Waals surface area contributed by atoms with Crippen LogP contribution < -0.4 is 5.32 Å². The minimum atomic E-state index is -0.877. The van der Waals surface area contributed by atoms with Crippen molar-refractivity contribution in [1.82, 2.24) is 9.88 Å². The molecule has 1 saturated heterocycles. The third-order valence-corrected chi connectivity index (χ3v) is 3.66. The van der Waals surface area contributed by atoms with Crippen LogP contribution in [0.1, 0.15) is 12.1 Å². The second-order valence-electron chi connectivity index (χ2n) is 5.04. The number of amides is 1. The fourth-order valence-electron chi connectivity index (χ4n) is 2.61. The molecule has 2 aromatic rings. The van der Waals surface area contributed by atoms with Gasteiger partial charge in [0.05, 0.1) is 5.52 Å². The molecule has 1 atom stereocenters. The lowest BCUT2D eigenvalue weighted by molar-refractivity contribution is 0.155. The van der Waals surface area contributed by atoms with E-state index in [-0.39, 0.29) is 6.04 Å². The number of nitriles is 1. The summed E-state index contributed by atoms with van der Waals surface area (Å²) in [4.78, 5) is 16.6. The number of carbonyl (C=O) groups is 1. The number of likely N-dealkylation sites (tertiary alicyclic amines) is 1. The molecule has 0 aliphatic carbocycles. The van der Waals surface area contributed by atoms with Gasteiger partial charge in [-0.1, -0.05) is 6.07 Å². The Morgan fingerprint density at radius 1 is 1.43 bits per heavy atom. The van der Waals surface area contributed by atoms with Gasteiger partial charge in [-0.25, -0.2) is 9.78 Å². The van der Waals surface area contributed by atoms with Gasteiger partial charge in [-0.3, -0.25) is 0 Å². The highest BCUT2D eigenvalue weighted by Gasteiger charge is 2.25. The number of rotatable bonds is 2. The van der Waals surface area contributed by atoms with Crippen LogP contribution in [0.4, 0.5) is 10.5 Å². The van der Waals surface area contributed by atoms with Crippen molar-refractivity contribution in [2.75, 3.05) is 18.4 Å². The second-order valence-corrected chi connectivity index (χ2v) is 5.04. The van der Waals surface area contributed by atoms with Crippen molar-refractivity contribution in [3.8, 4) is 6.07 Å². The van der Waals surface area contributed by atoms with Gasteiger partial charge in [0.25, 0.3) is 0 Å². The first-order valence-electron chi connectivity index (χ1n) is 6.71. The van der Waals surface area contributed by atoms with Gasteiger partial charge in [-0.2, -0.15) is 5.26 Å². The molecule has 0 saturated carbocycles. The fourth-order valence-corrected chi connectivity index (χ4v) is 2.61. The van der Waals surface area contributed by atoms with Crippen LogP contribution in [0.2, 0.25) is 0 Å². The zero-order valence-corrected chi connectivity index (χ0v) is 11.3. The highest BCUT2D eigenvalue weighted by Crippen LogP contribution is 2.24. The summed E-state index contributed by atoms with van der Waals surface area (Å²) in [5, 5.41) is 22.2. The standard InChI is InChI=1S/C15H14N4O2/c16-8-10-4-5-12-13(17-10)2-1-3-14(12)18-11-6-7-19(9-11)15(20)21/h1-5,11,18H,6-7,9H2,(H,20,21). The molecule has 0 radical (unpaired) electrons.